The lowest BCUT2D eigenvalue weighted by Gasteiger charge is -2.06. The monoisotopic (exact) mass is 261 g/mol. The molecule has 1 heterocycles. The Hall–Kier alpha value is -2.30. The number of hydrogen-bond donors (Lipinski definition) is 1. The molecule has 0 saturated heterocycles. The van der Waals surface area contributed by atoms with Crippen LogP contribution in [0.25, 0.3) is 10.9 Å². The van der Waals surface area contributed by atoms with Crippen molar-refractivity contribution < 1.29 is 14.3 Å². The first-order valence-corrected chi connectivity index (χ1v) is 6.04. The SMILES string of the molecule is CCCOc1ccc2[nH]c(C(=O)OC)cc(=O)c2c1. The van der Waals surface area contributed by atoms with Gasteiger partial charge < -0.3 is 14.5 Å². The lowest BCUT2D eigenvalue weighted by Crippen LogP contribution is -2.11. The second kappa shape index (κ2) is 5.56. The predicted molar refractivity (Wildman–Crippen MR) is 71.7 cm³/mol. The fourth-order valence-electron chi connectivity index (χ4n) is 1.76. The number of hydrogen-bond acceptors (Lipinski definition) is 4. The minimum absolute atomic E-state index is 0.141. The number of nitrogens with one attached hydrogen (secondary N) is 1. The summed E-state index contributed by atoms with van der Waals surface area (Å²) < 4.78 is 10.1. The molecule has 0 atom stereocenters. The van der Waals surface area contributed by atoms with Gasteiger partial charge in [0.05, 0.1) is 19.2 Å². The Morgan fingerprint density at radius 1 is 1.32 bits per heavy atom. The molecule has 0 spiro atoms. The third kappa shape index (κ3) is 2.76. The molecule has 0 bridgehead atoms. The van der Waals surface area contributed by atoms with E-state index in [-0.39, 0.29) is 11.1 Å². The molecular formula is C14H15NO4. The molecule has 1 aromatic carbocycles. The van der Waals surface area contributed by atoms with Crippen LogP contribution in [0.2, 0.25) is 0 Å². The molecule has 1 N–H and O–H groups in total. The molecule has 0 aliphatic heterocycles. The van der Waals surface area contributed by atoms with Gasteiger partial charge in [0, 0.05) is 11.5 Å². The number of carbonyl (C=O) groups excluding carboxylic acids is 1. The quantitative estimate of drug-likeness (QED) is 0.856. The van der Waals surface area contributed by atoms with Crippen LogP contribution >= 0.6 is 0 Å². The van der Waals surface area contributed by atoms with Crippen LogP contribution in [-0.4, -0.2) is 24.7 Å². The number of benzene rings is 1. The van der Waals surface area contributed by atoms with Crippen molar-refractivity contribution in [2.75, 3.05) is 13.7 Å². The van der Waals surface area contributed by atoms with E-state index in [1.54, 1.807) is 18.2 Å². The van der Waals surface area contributed by atoms with Crippen LogP contribution < -0.4 is 10.2 Å². The minimum Gasteiger partial charge on any atom is -0.494 e. The molecule has 0 saturated carbocycles. The van der Waals surface area contributed by atoms with Gasteiger partial charge >= 0.3 is 5.97 Å². The molecule has 0 aliphatic rings. The van der Waals surface area contributed by atoms with Crippen LogP contribution in [0.4, 0.5) is 0 Å². The summed E-state index contributed by atoms with van der Waals surface area (Å²) in [4.78, 5) is 26.2. The van der Waals surface area contributed by atoms with Crippen LogP contribution in [-0.2, 0) is 4.74 Å². The van der Waals surface area contributed by atoms with Gasteiger partial charge in [0.1, 0.15) is 11.4 Å². The Morgan fingerprint density at radius 2 is 2.11 bits per heavy atom. The lowest BCUT2D eigenvalue weighted by molar-refractivity contribution is 0.0594. The van der Waals surface area contributed by atoms with Crippen molar-refractivity contribution in [3.63, 3.8) is 0 Å². The molecular weight excluding hydrogens is 246 g/mol. The van der Waals surface area contributed by atoms with Crippen molar-refractivity contribution in [1.29, 1.82) is 0 Å². The van der Waals surface area contributed by atoms with Gasteiger partial charge in [-0.15, -0.1) is 0 Å². The topological polar surface area (TPSA) is 68.4 Å². The third-order valence-corrected chi connectivity index (χ3v) is 2.68. The van der Waals surface area contributed by atoms with Crippen LogP contribution in [0.1, 0.15) is 23.8 Å². The Labute approximate surface area is 110 Å². The van der Waals surface area contributed by atoms with Gasteiger partial charge in [0.2, 0.25) is 0 Å². The average molecular weight is 261 g/mol. The fraction of sp³-hybridized carbons (Fsp3) is 0.286. The van der Waals surface area contributed by atoms with Crippen molar-refractivity contribution in [1.82, 2.24) is 4.98 Å². The molecule has 0 aliphatic carbocycles. The van der Waals surface area contributed by atoms with E-state index >= 15 is 0 Å². The summed E-state index contributed by atoms with van der Waals surface area (Å²) in [5, 5.41) is 0.487. The maximum absolute atomic E-state index is 12.0. The smallest absolute Gasteiger partial charge is 0.354 e. The first-order valence-electron chi connectivity index (χ1n) is 6.04. The van der Waals surface area contributed by atoms with Crippen LogP contribution in [0, 0.1) is 0 Å². The first-order chi connectivity index (χ1) is 9.15. The van der Waals surface area contributed by atoms with Gasteiger partial charge in [0.25, 0.3) is 0 Å². The summed E-state index contributed by atoms with van der Waals surface area (Å²) in [6.45, 7) is 2.61. The third-order valence-electron chi connectivity index (χ3n) is 2.68. The standard InChI is InChI=1S/C14H15NO4/c1-3-6-19-9-4-5-11-10(7-9)13(16)8-12(15-11)14(17)18-2/h4-5,7-8H,3,6H2,1-2H3,(H,15,16). The summed E-state index contributed by atoms with van der Waals surface area (Å²) >= 11 is 0. The van der Waals surface area contributed by atoms with E-state index < -0.39 is 5.97 Å². The zero-order valence-electron chi connectivity index (χ0n) is 10.9. The maximum atomic E-state index is 12.0. The molecule has 0 fully saturated rings. The zero-order chi connectivity index (χ0) is 13.8. The largest absolute Gasteiger partial charge is 0.494 e. The molecule has 5 nitrogen and oxygen atoms in total. The minimum atomic E-state index is -0.565. The van der Waals surface area contributed by atoms with E-state index in [9.17, 15) is 9.59 Å². The summed E-state index contributed by atoms with van der Waals surface area (Å²) in [5.41, 5.74) is 0.482. The number of carbonyl (C=O) groups is 1. The van der Waals surface area contributed by atoms with Gasteiger partial charge in [-0.05, 0) is 24.6 Å². The molecule has 1 aromatic heterocycles. The number of ether oxygens (including phenoxy) is 2. The Morgan fingerprint density at radius 3 is 2.79 bits per heavy atom. The molecule has 0 radical (unpaired) electrons. The van der Waals surface area contributed by atoms with E-state index in [0.29, 0.717) is 23.3 Å². The Balaban J connectivity index is 2.48. The first kappa shape index (κ1) is 13.1. The van der Waals surface area contributed by atoms with E-state index in [0.717, 1.165) is 6.42 Å². The highest BCUT2D eigenvalue weighted by molar-refractivity contribution is 5.91. The van der Waals surface area contributed by atoms with E-state index in [4.69, 9.17) is 4.74 Å². The number of H-pyrrole nitrogens is 1. The number of aromatic amines is 1. The Bertz CT molecular complexity index is 660. The summed E-state index contributed by atoms with van der Waals surface area (Å²) in [6.07, 6.45) is 0.898. The maximum Gasteiger partial charge on any atom is 0.354 e. The van der Waals surface area contributed by atoms with Crippen molar-refractivity contribution >= 4 is 16.9 Å². The highest BCUT2D eigenvalue weighted by Crippen LogP contribution is 2.17. The van der Waals surface area contributed by atoms with Gasteiger partial charge in [-0.3, -0.25) is 4.79 Å². The number of aromatic nitrogens is 1. The summed E-state index contributed by atoms with van der Waals surface area (Å²) in [6, 6.07) is 6.38. The number of fused-ring (bicyclic) bond motifs is 1. The van der Waals surface area contributed by atoms with Crippen molar-refractivity contribution in [2.24, 2.45) is 0 Å². The second-order valence-corrected chi connectivity index (χ2v) is 4.09. The van der Waals surface area contributed by atoms with E-state index in [1.807, 2.05) is 6.92 Å². The molecule has 5 heteroatoms. The number of rotatable bonds is 4. The molecule has 0 amide bonds. The van der Waals surface area contributed by atoms with Crippen LogP contribution in [0.5, 0.6) is 5.75 Å². The van der Waals surface area contributed by atoms with Crippen LogP contribution in [0.3, 0.4) is 0 Å². The van der Waals surface area contributed by atoms with Crippen molar-refractivity contribution in [3.8, 4) is 5.75 Å². The van der Waals surface area contributed by atoms with Gasteiger partial charge in [-0.2, -0.15) is 0 Å². The lowest BCUT2D eigenvalue weighted by atomic mass is 10.2. The van der Waals surface area contributed by atoms with Crippen LogP contribution in [0.15, 0.2) is 29.1 Å². The highest BCUT2D eigenvalue weighted by atomic mass is 16.5. The van der Waals surface area contributed by atoms with Gasteiger partial charge in [0.15, 0.2) is 5.43 Å². The fourth-order valence-corrected chi connectivity index (χ4v) is 1.76. The van der Waals surface area contributed by atoms with Crippen molar-refractivity contribution in [3.05, 3.63) is 40.2 Å². The average Bonchev–Trinajstić information content (AvgIpc) is 2.44. The molecule has 2 aromatic rings. The van der Waals surface area contributed by atoms with E-state index in [2.05, 4.69) is 9.72 Å². The predicted octanol–water partition coefficient (Wildman–Crippen LogP) is 2.10. The van der Waals surface area contributed by atoms with Gasteiger partial charge in [-0.25, -0.2) is 4.79 Å². The van der Waals surface area contributed by atoms with Crippen molar-refractivity contribution in [2.45, 2.75) is 13.3 Å². The van der Waals surface area contributed by atoms with Gasteiger partial charge in [-0.1, -0.05) is 6.92 Å². The number of esters is 1. The highest BCUT2D eigenvalue weighted by Gasteiger charge is 2.10. The molecule has 0 unspecified atom stereocenters. The normalized spacial score (nSPS) is 10.4. The molecule has 19 heavy (non-hydrogen) atoms. The number of methoxy groups -OCH3 is 1. The summed E-state index contributed by atoms with van der Waals surface area (Å²) in [7, 11) is 1.27. The molecule has 2 rings (SSSR count). The van der Waals surface area contributed by atoms with E-state index in [1.165, 1.54) is 13.2 Å². The zero-order valence-corrected chi connectivity index (χ0v) is 10.9. The number of pyridine rings is 1. The summed E-state index contributed by atoms with van der Waals surface area (Å²) in [5.74, 6) is 0.0796. The second-order valence-electron chi connectivity index (χ2n) is 4.09. The Kier molecular flexibility index (Phi) is 3.85. The molecule has 100 valence electrons.